The van der Waals surface area contributed by atoms with Gasteiger partial charge in [0.25, 0.3) is 0 Å². The first-order chi connectivity index (χ1) is 7.08. The molecule has 2 N–H and O–H groups in total. The molecule has 80 valence electrons. The van der Waals surface area contributed by atoms with E-state index in [0.717, 1.165) is 14.4 Å². The summed E-state index contributed by atoms with van der Waals surface area (Å²) in [5.41, 5.74) is 7.29. The number of rotatable bonds is 2. The van der Waals surface area contributed by atoms with E-state index in [1.54, 1.807) is 11.3 Å². The minimum absolute atomic E-state index is 0.189. The standard InChI is InChI=1S/C10H9Br2NOS/c1-5-4-7(15-10(5)12)9(13)6-2-3-8(11)14-6/h2-4,9H,13H2,1H3. The minimum Gasteiger partial charge on any atom is -0.452 e. The lowest BCUT2D eigenvalue weighted by Crippen LogP contribution is -2.08. The molecule has 0 bridgehead atoms. The Labute approximate surface area is 109 Å². The zero-order chi connectivity index (χ0) is 11.0. The summed E-state index contributed by atoms with van der Waals surface area (Å²) in [6.07, 6.45) is 0. The molecule has 0 saturated heterocycles. The first-order valence-electron chi connectivity index (χ1n) is 4.34. The molecule has 0 aromatic carbocycles. The van der Waals surface area contributed by atoms with Crippen molar-refractivity contribution in [3.05, 3.63) is 42.9 Å². The monoisotopic (exact) mass is 349 g/mol. The van der Waals surface area contributed by atoms with Gasteiger partial charge in [-0.05, 0) is 62.5 Å². The molecule has 1 unspecified atom stereocenters. The predicted molar refractivity (Wildman–Crippen MR) is 69.2 cm³/mol. The van der Waals surface area contributed by atoms with Crippen LogP contribution < -0.4 is 5.73 Å². The van der Waals surface area contributed by atoms with Gasteiger partial charge < -0.3 is 10.2 Å². The molecule has 5 heteroatoms. The number of hydrogen-bond donors (Lipinski definition) is 1. The molecule has 0 spiro atoms. The lowest BCUT2D eigenvalue weighted by molar-refractivity contribution is 0.472. The Bertz CT molecular complexity index is 458. The molecule has 0 amide bonds. The van der Waals surface area contributed by atoms with E-state index >= 15 is 0 Å². The Hall–Kier alpha value is -0.100. The lowest BCUT2D eigenvalue weighted by Gasteiger charge is -2.04. The number of halogens is 2. The summed E-state index contributed by atoms with van der Waals surface area (Å²) in [6, 6.07) is 5.63. The fourth-order valence-electron chi connectivity index (χ4n) is 1.27. The van der Waals surface area contributed by atoms with Gasteiger partial charge in [0.15, 0.2) is 4.67 Å². The van der Waals surface area contributed by atoms with E-state index in [4.69, 9.17) is 10.2 Å². The van der Waals surface area contributed by atoms with Gasteiger partial charge in [-0.1, -0.05) is 0 Å². The minimum atomic E-state index is -0.189. The van der Waals surface area contributed by atoms with Crippen molar-refractivity contribution in [2.45, 2.75) is 13.0 Å². The van der Waals surface area contributed by atoms with Crippen LogP contribution >= 0.6 is 43.2 Å². The third kappa shape index (κ3) is 2.36. The maximum Gasteiger partial charge on any atom is 0.169 e. The van der Waals surface area contributed by atoms with E-state index in [1.807, 2.05) is 12.1 Å². The highest BCUT2D eigenvalue weighted by Crippen LogP contribution is 2.34. The van der Waals surface area contributed by atoms with Crippen molar-refractivity contribution in [1.82, 2.24) is 0 Å². The van der Waals surface area contributed by atoms with E-state index in [9.17, 15) is 0 Å². The maximum absolute atomic E-state index is 6.09. The van der Waals surface area contributed by atoms with E-state index in [1.165, 1.54) is 5.56 Å². The molecule has 0 fully saturated rings. The van der Waals surface area contributed by atoms with Gasteiger partial charge in [0.1, 0.15) is 5.76 Å². The van der Waals surface area contributed by atoms with Crippen molar-refractivity contribution in [1.29, 1.82) is 0 Å². The van der Waals surface area contributed by atoms with Crippen LogP contribution in [0.2, 0.25) is 0 Å². The van der Waals surface area contributed by atoms with Gasteiger partial charge in [-0.15, -0.1) is 11.3 Å². The highest BCUT2D eigenvalue weighted by molar-refractivity contribution is 9.11. The van der Waals surface area contributed by atoms with Crippen LogP contribution in [-0.2, 0) is 0 Å². The fraction of sp³-hybridized carbons (Fsp3) is 0.200. The van der Waals surface area contributed by atoms with Crippen LogP contribution in [0, 0.1) is 6.92 Å². The quantitative estimate of drug-likeness (QED) is 0.880. The number of furan rings is 1. The summed E-state index contributed by atoms with van der Waals surface area (Å²) >= 11 is 8.39. The Morgan fingerprint density at radius 2 is 2.13 bits per heavy atom. The first kappa shape index (κ1) is 11.4. The van der Waals surface area contributed by atoms with Gasteiger partial charge in [0.05, 0.1) is 9.83 Å². The lowest BCUT2D eigenvalue weighted by atomic mass is 10.2. The molecule has 0 radical (unpaired) electrons. The Balaban J connectivity index is 2.31. The number of aryl methyl sites for hydroxylation is 1. The second-order valence-electron chi connectivity index (χ2n) is 3.23. The summed E-state index contributed by atoms with van der Waals surface area (Å²) in [5.74, 6) is 0.774. The molecule has 0 aliphatic rings. The molecule has 2 heterocycles. The van der Waals surface area contributed by atoms with E-state index in [0.29, 0.717) is 4.67 Å². The van der Waals surface area contributed by atoms with Crippen LogP contribution in [0.5, 0.6) is 0 Å². The predicted octanol–water partition coefficient (Wildman–Crippen LogP) is 4.22. The fourth-order valence-corrected chi connectivity index (χ4v) is 3.17. The van der Waals surface area contributed by atoms with E-state index in [2.05, 4.69) is 44.8 Å². The van der Waals surface area contributed by atoms with Gasteiger partial charge in [-0.2, -0.15) is 0 Å². The molecule has 2 aromatic heterocycles. The van der Waals surface area contributed by atoms with Crippen LogP contribution in [-0.4, -0.2) is 0 Å². The zero-order valence-electron chi connectivity index (χ0n) is 7.96. The topological polar surface area (TPSA) is 39.2 Å². The summed E-state index contributed by atoms with van der Waals surface area (Å²) in [5, 5.41) is 0. The second kappa shape index (κ2) is 4.41. The largest absolute Gasteiger partial charge is 0.452 e. The van der Waals surface area contributed by atoms with Crippen molar-refractivity contribution in [2.75, 3.05) is 0 Å². The molecule has 2 aromatic rings. The molecule has 2 rings (SSSR count). The summed E-state index contributed by atoms with van der Waals surface area (Å²) in [4.78, 5) is 1.10. The van der Waals surface area contributed by atoms with Gasteiger partial charge in [-0.25, -0.2) is 0 Å². The van der Waals surface area contributed by atoms with Gasteiger partial charge in [0.2, 0.25) is 0 Å². The highest BCUT2D eigenvalue weighted by Gasteiger charge is 2.16. The molecule has 1 atom stereocenters. The van der Waals surface area contributed by atoms with Gasteiger partial charge in [0, 0.05) is 4.88 Å². The third-order valence-corrected chi connectivity index (χ3v) is 4.73. The average Bonchev–Trinajstić information content (AvgIpc) is 2.74. The van der Waals surface area contributed by atoms with Crippen molar-refractivity contribution < 1.29 is 4.42 Å². The van der Waals surface area contributed by atoms with Crippen molar-refractivity contribution >= 4 is 43.2 Å². The molecular weight excluding hydrogens is 342 g/mol. The highest BCUT2D eigenvalue weighted by atomic mass is 79.9. The smallest absolute Gasteiger partial charge is 0.169 e. The molecular formula is C10H9Br2NOS. The molecule has 0 saturated carbocycles. The third-order valence-electron chi connectivity index (χ3n) is 2.08. The van der Waals surface area contributed by atoms with Crippen molar-refractivity contribution in [3.63, 3.8) is 0 Å². The van der Waals surface area contributed by atoms with Crippen LogP contribution in [0.15, 0.2) is 31.1 Å². The normalized spacial score (nSPS) is 13.1. The Morgan fingerprint density at radius 1 is 1.40 bits per heavy atom. The van der Waals surface area contributed by atoms with E-state index < -0.39 is 0 Å². The molecule has 15 heavy (non-hydrogen) atoms. The summed E-state index contributed by atoms with van der Waals surface area (Å²) < 4.78 is 7.26. The van der Waals surface area contributed by atoms with Crippen LogP contribution in [0.3, 0.4) is 0 Å². The number of thiophene rings is 1. The van der Waals surface area contributed by atoms with Crippen LogP contribution in [0.25, 0.3) is 0 Å². The molecule has 2 nitrogen and oxygen atoms in total. The van der Waals surface area contributed by atoms with Gasteiger partial charge in [-0.3, -0.25) is 0 Å². The number of nitrogens with two attached hydrogens (primary N) is 1. The zero-order valence-corrected chi connectivity index (χ0v) is 11.9. The molecule has 0 aliphatic heterocycles. The van der Waals surface area contributed by atoms with Crippen molar-refractivity contribution in [2.24, 2.45) is 5.73 Å². The summed E-state index contributed by atoms with van der Waals surface area (Å²) in [6.45, 7) is 2.05. The summed E-state index contributed by atoms with van der Waals surface area (Å²) in [7, 11) is 0. The van der Waals surface area contributed by atoms with Crippen LogP contribution in [0.4, 0.5) is 0 Å². The maximum atomic E-state index is 6.09. The Kier molecular flexibility index (Phi) is 3.35. The Morgan fingerprint density at radius 3 is 2.60 bits per heavy atom. The first-order valence-corrected chi connectivity index (χ1v) is 6.75. The van der Waals surface area contributed by atoms with Crippen molar-refractivity contribution in [3.8, 4) is 0 Å². The average molecular weight is 351 g/mol. The second-order valence-corrected chi connectivity index (χ2v) is 6.41. The van der Waals surface area contributed by atoms with Crippen LogP contribution in [0.1, 0.15) is 22.2 Å². The molecule has 0 aliphatic carbocycles. The van der Waals surface area contributed by atoms with Gasteiger partial charge >= 0.3 is 0 Å². The SMILES string of the molecule is Cc1cc(C(N)c2ccc(Br)o2)sc1Br. The van der Waals surface area contributed by atoms with E-state index in [-0.39, 0.29) is 6.04 Å². The number of hydrogen-bond acceptors (Lipinski definition) is 3.